The Labute approximate surface area is 162 Å². The van der Waals surface area contributed by atoms with E-state index in [1.54, 1.807) is 17.6 Å². The molecule has 0 spiro atoms. The van der Waals surface area contributed by atoms with Gasteiger partial charge in [-0.3, -0.25) is 14.8 Å². The summed E-state index contributed by atoms with van der Waals surface area (Å²) in [6.45, 7) is 4.72. The topological polar surface area (TPSA) is 78.4 Å². The van der Waals surface area contributed by atoms with E-state index < -0.39 is 5.91 Å². The Hall–Kier alpha value is -2.70. The van der Waals surface area contributed by atoms with Crippen molar-refractivity contribution in [2.45, 2.75) is 20.3 Å². The Morgan fingerprint density at radius 1 is 1.04 bits per heavy atom. The summed E-state index contributed by atoms with van der Waals surface area (Å²) in [4.78, 5) is 24.6. The monoisotopic (exact) mass is 382 g/mol. The van der Waals surface area contributed by atoms with Gasteiger partial charge in [-0.1, -0.05) is 44.2 Å². The van der Waals surface area contributed by atoms with E-state index in [2.05, 4.69) is 19.2 Å². The molecule has 0 atom stereocenters. The Morgan fingerprint density at radius 3 is 2.41 bits per heavy atom. The maximum Gasteiger partial charge on any atom is 0.274 e. The van der Waals surface area contributed by atoms with Crippen LogP contribution >= 0.6 is 11.3 Å². The zero-order valence-corrected chi connectivity index (χ0v) is 16.1. The summed E-state index contributed by atoms with van der Waals surface area (Å²) >= 11 is 1.50. The maximum atomic E-state index is 12.5. The van der Waals surface area contributed by atoms with Gasteiger partial charge in [0.2, 0.25) is 0 Å². The van der Waals surface area contributed by atoms with E-state index in [0.29, 0.717) is 17.0 Å². The average molecular weight is 382 g/mol. The molecule has 0 saturated heterocycles. The molecule has 3 aromatic rings. The predicted molar refractivity (Wildman–Crippen MR) is 107 cm³/mol. The van der Waals surface area contributed by atoms with E-state index in [0.717, 1.165) is 22.1 Å². The molecule has 2 amide bonds. The van der Waals surface area contributed by atoms with Gasteiger partial charge >= 0.3 is 0 Å². The molecule has 140 valence electrons. The van der Waals surface area contributed by atoms with E-state index in [1.165, 1.54) is 11.3 Å². The van der Waals surface area contributed by atoms with Crippen molar-refractivity contribution in [3.8, 4) is 0 Å². The largest absolute Gasteiger partial charge is 0.351 e. The number of nitrogens with one attached hydrogen (secondary N) is 2. The standard InChI is InChI=1S/C21H22N2O3S/c1-21(2,12-14-7-9-15(10-8-14)19(24)23-26)13-22-20(25)18-11-16-5-3-4-6-17(16)27-18/h3-11,26H,12-13H2,1-2H3,(H,22,25)(H,23,24). The molecule has 3 N–H and O–H groups in total. The van der Waals surface area contributed by atoms with Gasteiger partial charge in [0.25, 0.3) is 11.8 Å². The van der Waals surface area contributed by atoms with Crippen LogP contribution in [0.1, 0.15) is 39.4 Å². The van der Waals surface area contributed by atoms with E-state index in [1.807, 2.05) is 42.5 Å². The molecule has 6 heteroatoms. The molecule has 0 aliphatic carbocycles. The van der Waals surface area contributed by atoms with Gasteiger partial charge in [0, 0.05) is 16.8 Å². The number of thiophene rings is 1. The van der Waals surface area contributed by atoms with Gasteiger partial charge in [0.05, 0.1) is 4.88 Å². The molecule has 1 aromatic heterocycles. The van der Waals surface area contributed by atoms with Crippen molar-refractivity contribution in [3.05, 3.63) is 70.6 Å². The van der Waals surface area contributed by atoms with Gasteiger partial charge in [-0.05, 0) is 47.1 Å². The van der Waals surface area contributed by atoms with Gasteiger partial charge in [0.1, 0.15) is 0 Å². The van der Waals surface area contributed by atoms with Crippen molar-refractivity contribution in [1.29, 1.82) is 0 Å². The molecule has 0 bridgehead atoms. The lowest BCUT2D eigenvalue weighted by molar-refractivity contribution is 0.0706. The van der Waals surface area contributed by atoms with Crippen LogP contribution in [-0.4, -0.2) is 23.6 Å². The average Bonchev–Trinajstić information content (AvgIpc) is 3.10. The van der Waals surface area contributed by atoms with Crippen molar-refractivity contribution in [3.63, 3.8) is 0 Å². The highest BCUT2D eigenvalue weighted by atomic mass is 32.1. The van der Waals surface area contributed by atoms with Crippen LogP contribution in [0.25, 0.3) is 10.1 Å². The second kappa shape index (κ2) is 7.90. The van der Waals surface area contributed by atoms with Gasteiger partial charge in [0.15, 0.2) is 0 Å². The molecular formula is C21H22N2O3S. The summed E-state index contributed by atoms with van der Waals surface area (Å²) in [7, 11) is 0. The Bertz CT molecular complexity index is 928. The molecule has 0 unspecified atom stereocenters. The van der Waals surface area contributed by atoms with Crippen molar-refractivity contribution < 1.29 is 14.8 Å². The third-order valence-corrected chi connectivity index (χ3v) is 5.49. The fourth-order valence-electron chi connectivity index (χ4n) is 2.95. The molecule has 3 rings (SSSR count). The molecule has 0 fully saturated rings. The summed E-state index contributed by atoms with van der Waals surface area (Å²) in [6.07, 6.45) is 0.751. The first-order chi connectivity index (χ1) is 12.9. The fourth-order valence-corrected chi connectivity index (χ4v) is 3.93. The van der Waals surface area contributed by atoms with Crippen LogP contribution in [0.5, 0.6) is 0 Å². The van der Waals surface area contributed by atoms with E-state index in [4.69, 9.17) is 5.21 Å². The van der Waals surface area contributed by atoms with Crippen LogP contribution < -0.4 is 10.8 Å². The number of carbonyl (C=O) groups is 2. The lowest BCUT2D eigenvalue weighted by Gasteiger charge is -2.25. The lowest BCUT2D eigenvalue weighted by Crippen LogP contribution is -2.35. The van der Waals surface area contributed by atoms with E-state index >= 15 is 0 Å². The van der Waals surface area contributed by atoms with Gasteiger partial charge < -0.3 is 5.32 Å². The second-order valence-corrected chi connectivity index (χ2v) is 8.39. The van der Waals surface area contributed by atoms with Gasteiger partial charge in [-0.2, -0.15) is 0 Å². The highest BCUT2D eigenvalue weighted by Gasteiger charge is 2.21. The molecular weight excluding hydrogens is 360 g/mol. The van der Waals surface area contributed by atoms with Crippen molar-refractivity contribution in [2.24, 2.45) is 5.41 Å². The SMILES string of the molecule is CC(C)(CNC(=O)c1cc2ccccc2s1)Cc1ccc(C(=O)NO)cc1. The molecule has 1 heterocycles. The van der Waals surface area contributed by atoms with Crippen LogP contribution in [0.2, 0.25) is 0 Å². The van der Waals surface area contributed by atoms with E-state index in [-0.39, 0.29) is 11.3 Å². The smallest absolute Gasteiger partial charge is 0.274 e. The second-order valence-electron chi connectivity index (χ2n) is 7.31. The predicted octanol–water partition coefficient (Wildman–Crippen LogP) is 4.02. The number of hydroxylamine groups is 1. The summed E-state index contributed by atoms with van der Waals surface area (Å²) in [5.74, 6) is -0.587. The van der Waals surface area contributed by atoms with Crippen molar-refractivity contribution in [1.82, 2.24) is 10.8 Å². The Kier molecular flexibility index (Phi) is 5.58. The first kappa shape index (κ1) is 19.1. The van der Waals surface area contributed by atoms with Crippen LogP contribution in [0.3, 0.4) is 0 Å². The van der Waals surface area contributed by atoms with E-state index in [9.17, 15) is 9.59 Å². The number of carbonyl (C=O) groups excluding carboxylic acids is 2. The van der Waals surface area contributed by atoms with Crippen LogP contribution in [0, 0.1) is 5.41 Å². The summed E-state index contributed by atoms with van der Waals surface area (Å²) < 4.78 is 1.11. The number of rotatable bonds is 6. The molecule has 2 aromatic carbocycles. The highest BCUT2D eigenvalue weighted by molar-refractivity contribution is 7.20. The van der Waals surface area contributed by atoms with Gasteiger partial charge in [-0.25, -0.2) is 5.48 Å². The van der Waals surface area contributed by atoms with Crippen LogP contribution in [-0.2, 0) is 6.42 Å². The minimum atomic E-state index is -0.531. The quantitative estimate of drug-likeness (QED) is 0.445. The summed E-state index contributed by atoms with van der Waals surface area (Å²) in [5.41, 5.74) is 2.94. The molecule has 0 radical (unpaired) electrons. The minimum absolute atomic E-state index is 0.0563. The normalized spacial score (nSPS) is 11.4. The number of amides is 2. The Morgan fingerprint density at radius 2 is 1.74 bits per heavy atom. The number of benzene rings is 2. The van der Waals surface area contributed by atoms with Crippen LogP contribution in [0.4, 0.5) is 0 Å². The number of hydrogen-bond donors (Lipinski definition) is 3. The lowest BCUT2D eigenvalue weighted by atomic mass is 9.85. The zero-order chi connectivity index (χ0) is 19.4. The highest BCUT2D eigenvalue weighted by Crippen LogP contribution is 2.26. The number of hydrogen-bond acceptors (Lipinski definition) is 4. The molecule has 0 aliphatic heterocycles. The molecule has 27 heavy (non-hydrogen) atoms. The first-order valence-electron chi connectivity index (χ1n) is 8.68. The fraction of sp³-hybridized carbons (Fsp3) is 0.238. The maximum absolute atomic E-state index is 12.5. The van der Waals surface area contributed by atoms with Gasteiger partial charge in [-0.15, -0.1) is 11.3 Å². The first-order valence-corrected chi connectivity index (χ1v) is 9.50. The summed E-state index contributed by atoms with van der Waals surface area (Å²) in [6, 6.07) is 17.0. The number of fused-ring (bicyclic) bond motifs is 1. The minimum Gasteiger partial charge on any atom is -0.351 e. The summed E-state index contributed by atoms with van der Waals surface area (Å²) in [5, 5.41) is 12.8. The third kappa shape index (κ3) is 4.72. The van der Waals surface area contributed by atoms with Crippen molar-refractivity contribution >= 4 is 33.2 Å². The van der Waals surface area contributed by atoms with Crippen molar-refractivity contribution in [2.75, 3.05) is 6.54 Å². The van der Waals surface area contributed by atoms with Crippen LogP contribution in [0.15, 0.2) is 54.6 Å². The Balaban J connectivity index is 1.60. The third-order valence-electron chi connectivity index (χ3n) is 4.38. The molecule has 0 aliphatic rings. The molecule has 5 nitrogen and oxygen atoms in total. The zero-order valence-electron chi connectivity index (χ0n) is 15.3. The molecule has 0 saturated carbocycles.